The van der Waals surface area contributed by atoms with E-state index in [0.717, 1.165) is 28.2 Å². The summed E-state index contributed by atoms with van der Waals surface area (Å²) in [5, 5.41) is 26.4. The van der Waals surface area contributed by atoms with E-state index in [4.69, 9.17) is 39.0 Å². The van der Waals surface area contributed by atoms with Crippen LogP contribution in [0.25, 0.3) is 11.1 Å². The molecule has 32 heavy (non-hydrogen) atoms. The van der Waals surface area contributed by atoms with Crippen LogP contribution in [0.4, 0.5) is 0 Å². The first-order valence-corrected chi connectivity index (χ1v) is 10.8. The van der Waals surface area contributed by atoms with E-state index in [1.165, 1.54) is 0 Å². The molecule has 2 rings (SSSR count). The van der Waals surface area contributed by atoms with Crippen LogP contribution in [0.2, 0.25) is 0 Å². The largest absolute Gasteiger partial charge is 0.491 e. The number of hydrogen-bond acceptors (Lipinski definition) is 8. The summed E-state index contributed by atoms with van der Waals surface area (Å²) in [6.45, 7) is 3.01. The lowest BCUT2D eigenvalue weighted by Gasteiger charge is -2.14. The van der Waals surface area contributed by atoms with E-state index in [9.17, 15) is 0 Å². The van der Waals surface area contributed by atoms with Gasteiger partial charge in [0.2, 0.25) is 0 Å². The van der Waals surface area contributed by atoms with Gasteiger partial charge in [-0.2, -0.15) is 0 Å². The van der Waals surface area contributed by atoms with Crippen LogP contribution in [-0.4, -0.2) is 88.0 Å². The van der Waals surface area contributed by atoms with Gasteiger partial charge in [0.15, 0.2) is 0 Å². The van der Waals surface area contributed by atoms with E-state index in [0.29, 0.717) is 59.3 Å². The van der Waals surface area contributed by atoms with E-state index in [1.54, 1.807) is 0 Å². The molecule has 0 radical (unpaired) electrons. The van der Waals surface area contributed by atoms with E-state index in [-0.39, 0.29) is 19.8 Å². The van der Waals surface area contributed by atoms with Crippen molar-refractivity contribution in [1.82, 2.24) is 0 Å². The molecule has 8 heteroatoms. The highest BCUT2D eigenvalue weighted by Gasteiger charge is 2.08. The van der Waals surface area contributed by atoms with Gasteiger partial charge in [0, 0.05) is 0 Å². The third-order valence-electron chi connectivity index (χ3n) is 4.45. The quantitative estimate of drug-likeness (QED) is 0.295. The molecular formula is C24H34O8. The van der Waals surface area contributed by atoms with Crippen molar-refractivity contribution in [3.63, 3.8) is 0 Å². The van der Waals surface area contributed by atoms with Gasteiger partial charge in [-0.05, 0) is 47.4 Å². The molecule has 178 valence electrons. The summed E-state index contributed by atoms with van der Waals surface area (Å²) in [5.41, 5.74) is 3.09. The van der Waals surface area contributed by atoms with Gasteiger partial charge in [-0.1, -0.05) is 18.2 Å². The Morgan fingerprint density at radius 3 is 1.72 bits per heavy atom. The molecule has 0 heterocycles. The molecule has 0 fully saturated rings. The van der Waals surface area contributed by atoms with E-state index >= 15 is 0 Å². The van der Waals surface area contributed by atoms with Crippen molar-refractivity contribution in [3.05, 3.63) is 48.0 Å². The summed E-state index contributed by atoms with van der Waals surface area (Å²) < 4.78 is 27.4. The molecule has 0 saturated heterocycles. The average Bonchev–Trinajstić information content (AvgIpc) is 2.82. The Balaban J connectivity index is 1.99. The molecule has 2 aromatic rings. The average molecular weight is 451 g/mol. The van der Waals surface area contributed by atoms with Crippen molar-refractivity contribution in [2.45, 2.75) is 6.42 Å². The topological polar surface area (TPSA) is 107 Å². The number of benzene rings is 2. The molecule has 8 nitrogen and oxygen atoms in total. The van der Waals surface area contributed by atoms with E-state index < -0.39 is 0 Å². The highest BCUT2D eigenvalue weighted by atomic mass is 16.5. The van der Waals surface area contributed by atoms with E-state index in [2.05, 4.69) is 6.07 Å². The normalized spacial score (nSPS) is 11.0. The van der Waals surface area contributed by atoms with Crippen molar-refractivity contribution in [2.75, 3.05) is 72.7 Å². The molecule has 0 bridgehead atoms. The lowest BCUT2D eigenvalue weighted by atomic mass is 10.0. The molecule has 2 aromatic carbocycles. The molecule has 0 aliphatic rings. The molecular weight excluding hydrogens is 416 g/mol. The predicted octanol–water partition coefficient (Wildman–Crippen LogP) is 1.68. The minimum atomic E-state index is -0.0105. The Morgan fingerprint density at radius 2 is 1.09 bits per heavy atom. The van der Waals surface area contributed by atoms with Crippen molar-refractivity contribution >= 4 is 0 Å². The second kappa shape index (κ2) is 16.4. The van der Waals surface area contributed by atoms with Crippen molar-refractivity contribution in [3.8, 4) is 22.6 Å². The summed E-state index contributed by atoms with van der Waals surface area (Å²) >= 11 is 0. The van der Waals surface area contributed by atoms with Gasteiger partial charge in [0.25, 0.3) is 0 Å². The molecule has 0 aliphatic heterocycles. The Hall–Kier alpha value is -2.20. The minimum Gasteiger partial charge on any atom is -0.491 e. The zero-order chi connectivity index (χ0) is 22.9. The fraction of sp³-hybridized carbons (Fsp3) is 0.500. The number of hydrogen-bond donors (Lipinski definition) is 3. The van der Waals surface area contributed by atoms with Crippen molar-refractivity contribution < 1.29 is 39.0 Å². The molecule has 3 N–H and O–H groups in total. The monoisotopic (exact) mass is 450 g/mol. The van der Waals surface area contributed by atoms with Crippen molar-refractivity contribution in [2.24, 2.45) is 0 Å². The van der Waals surface area contributed by atoms with Crippen molar-refractivity contribution in [1.29, 1.82) is 0 Å². The second-order valence-corrected chi connectivity index (χ2v) is 6.80. The SMILES string of the molecule is OCCOCCOc1ccc(-c2ccc(OCCOCCO)c(CCOCCO)c2)cc1. The zero-order valence-corrected chi connectivity index (χ0v) is 18.4. The molecule has 0 aromatic heterocycles. The van der Waals surface area contributed by atoms with Crippen LogP contribution in [0.1, 0.15) is 5.56 Å². The number of aliphatic hydroxyl groups excluding tert-OH is 3. The Morgan fingerprint density at radius 1 is 0.531 bits per heavy atom. The lowest BCUT2D eigenvalue weighted by molar-refractivity contribution is 0.0699. The molecule has 0 unspecified atom stereocenters. The minimum absolute atomic E-state index is 0.00552. The van der Waals surface area contributed by atoms with Crippen LogP contribution < -0.4 is 9.47 Å². The van der Waals surface area contributed by atoms with Crippen LogP contribution in [0, 0.1) is 0 Å². The Labute approximate surface area is 189 Å². The lowest BCUT2D eigenvalue weighted by Crippen LogP contribution is -2.11. The maximum Gasteiger partial charge on any atom is 0.122 e. The highest BCUT2D eigenvalue weighted by Crippen LogP contribution is 2.28. The molecule has 0 amide bonds. The third kappa shape index (κ3) is 9.95. The summed E-state index contributed by atoms with van der Waals surface area (Å²) in [4.78, 5) is 0. The molecule has 0 spiro atoms. The third-order valence-corrected chi connectivity index (χ3v) is 4.45. The summed E-state index contributed by atoms with van der Waals surface area (Å²) in [6.07, 6.45) is 0.649. The molecule has 0 saturated carbocycles. The Bertz CT molecular complexity index is 735. The van der Waals surface area contributed by atoms with Crippen LogP contribution in [0.5, 0.6) is 11.5 Å². The number of aliphatic hydroxyl groups is 3. The first-order chi connectivity index (χ1) is 15.8. The molecule has 0 atom stereocenters. The van der Waals surface area contributed by atoms with Crippen LogP contribution >= 0.6 is 0 Å². The maximum absolute atomic E-state index is 8.90. The van der Waals surface area contributed by atoms with Crippen LogP contribution in [-0.2, 0) is 20.6 Å². The fourth-order valence-electron chi connectivity index (χ4n) is 2.95. The van der Waals surface area contributed by atoms with E-state index in [1.807, 2.05) is 36.4 Å². The van der Waals surface area contributed by atoms with Gasteiger partial charge >= 0.3 is 0 Å². The van der Waals surface area contributed by atoms with Gasteiger partial charge < -0.3 is 39.0 Å². The highest BCUT2D eigenvalue weighted by molar-refractivity contribution is 5.66. The smallest absolute Gasteiger partial charge is 0.122 e. The predicted molar refractivity (Wildman–Crippen MR) is 120 cm³/mol. The maximum atomic E-state index is 8.90. The summed E-state index contributed by atoms with van der Waals surface area (Å²) in [7, 11) is 0. The first-order valence-electron chi connectivity index (χ1n) is 10.8. The summed E-state index contributed by atoms with van der Waals surface area (Å²) in [6, 6.07) is 13.8. The number of rotatable bonds is 18. The second-order valence-electron chi connectivity index (χ2n) is 6.80. The zero-order valence-electron chi connectivity index (χ0n) is 18.4. The number of ether oxygens (including phenoxy) is 5. The van der Waals surface area contributed by atoms with Crippen LogP contribution in [0.3, 0.4) is 0 Å². The fourth-order valence-corrected chi connectivity index (χ4v) is 2.95. The van der Waals surface area contributed by atoms with Gasteiger partial charge in [-0.25, -0.2) is 0 Å². The Kier molecular flexibility index (Phi) is 13.4. The summed E-state index contributed by atoms with van der Waals surface area (Å²) in [5.74, 6) is 1.51. The molecule has 0 aliphatic carbocycles. The van der Waals surface area contributed by atoms with Crippen LogP contribution in [0.15, 0.2) is 42.5 Å². The first kappa shape index (κ1) is 26.1. The standard InChI is InChI=1S/C24H34O8/c25-8-12-28-11-7-22-19-21(3-6-24(22)32-18-16-30-14-10-27)20-1-4-23(5-2-20)31-17-15-29-13-9-26/h1-6,19,25-27H,7-18H2. The van der Waals surface area contributed by atoms with Gasteiger partial charge in [0.05, 0.1) is 59.5 Å². The van der Waals surface area contributed by atoms with Gasteiger partial charge in [-0.3, -0.25) is 0 Å². The van der Waals surface area contributed by atoms with Gasteiger partial charge in [0.1, 0.15) is 24.7 Å². The van der Waals surface area contributed by atoms with Gasteiger partial charge in [-0.15, -0.1) is 0 Å².